The fourth-order valence-corrected chi connectivity index (χ4v) is 3.13. The van der Waals surface area contributed by atoms with E-state index in [9.17, 15) is 0 Å². The Hall–Kier alpha value is -1.45. The molecule has 1 aromatic heterocycles. The van der Waals surface area contributed by atoms with Gasteiger partial charge in [0.2, 0.25) is 0 Å². The van der Waals surface area contributed by atoms with Crippen LogP contribution in [-0.4, -0.2) is 29.0 Å². The van der Waals surface area contributed by atoms with Crippen molar-refractivity contribution in [3.05, 3.63) is 42.1 Å². The number of piperidine rings is 1. The van der Waals surface area contributed by atoms with Crippen LogP contribution in [0.2, 0.25) is 0 Å². The van der Waals surface area contributed by atoms with Gasteiger partial charge in [-0.2, -0.15) is 0 Å². The second kappa shape index (κ2) is 5.90. The van der Waals surface area contributed by atoms with Crippen LogP contribution in [0.25, 0.3) is 10.9 Å². The van der Waals surface area contributed by atoms with Gasteiger partial charge in [-0.25, -0.2) is 0 Å². The van der Waals surface area contributed by atoms with E-state index in [1.54, 1.807) is 0 Å². The summed E-state index contributed by atoms with van der Waals surface area (Å²) < 4.78 is 0. The first-order valence-electron chi connectivity index (χ1n) is 7.54. The summed E-state index contributed by atoms with van der Waals surface area (Å²) in [6, 6.07) is 11.4. The second-order valence-electron chi connectivity index (χ2n) is 5.99. The zero-order chi connectivity index (χ0) is 13.9. The van der Waals surface area contributed by atoms with Crippen molar-refractivity contribution in [2.75, 3.05) is 13.1 Å². The van der Waals surface area contributed by atoms with Gasteiger partial charge in [-0.3, -0.25) is 9.88 Å². The van der Waals surface area contributed by atoms with E-state index in [-0.39, 0.29) is 0 Å². The first kappa shape index (κ1) is 13.5. The SMILES string of the molecule is CC1CCC(CN)CN1Cc1ccc2ncccc2c1. The molecule has 2 N–H and O–H groups in total. The van der Waals surface area contributed by atoms with Crippen LogP contribution in [0.5, 0.6) is 0 Å². The predicted molar refractivity (Wildman–Crippen MR) is 83.4 cm³/mol. The van der Waals surface area contributed by atoms with Gasteiger partial charge in [-0.15, -0.1) is 0 Å². The zero-order valence-electron chi connectivity index (χ0n) is 12.1. The van der Waals surface area contributed by atoms with Gasteiger partial charge in [0.25, 0.3) is 0 Å². The fraction of sp³-hybridized carbons (Fsp3) is 0.471. The lowest BCUT2D eigenvalue weighted by molar-refractivity contribution is 0.113. The van der Waals surface area contributed by atoms with E-state index in [2.05, 4.69) is 41.1 Å². The predicted octanol–water partition coefficient (Wildman–Crippen LogP) is 2.79. The number of nitrogens with two attached hydrogens (primary N) is 1. The van der Waals surface area contributed by atoms with Gasteiger partial charge in [-0.05, 0) is 56.0 Å². The third-order valence-electron chi connectivity index (χ3n) is 4.50. The van der Waals surface area contributed by atoms with E-state index in [0.717, 1.165) is 25.2 Å². The largest absolute Gasteiger partial charge is 0.330 e. The van der Waals surface area contributed by atoms with Gasteiger partial charge < -0.3 is 5.73 Å². The van der Waals surface area contributed by atoms with E-state index in [1.807, 2.05) is 12.3 Å². The first-order valence-corrected chi connectivity index (χ1v) is 7.54. The molecule has 0 radical (unpaired) electrons. The van der Waals surface area contributed by atoms with Crippen molar-refractivity contribution >= 4 is 10.9 Å². The van der Waals surface area contributed by atoms with Crippen molar-refractivity contribution in [1.82, 2.24) is 9.88 Å². The van der Waals surface area contributed by atoms with Crippen molar-refractivity contribution in [2.24, 2.45) is 11.7 Å². The highest BCUT2D eigenvalue weighted by molar-refractivity contribution is 5.78. The molecule has 2 heterocycles. The Labute approximate surface area is 120 Å². The van der Waals surface area contributed by atoms with Gasteiger partial charge in [-0.1, -0.05) is 12.1 Å². The number of hydrogen-bond donors (Lipinski definition) is 1. The summed E-state index contributed by atoms with van der Waals surface area (Å²) in [5.74, 6) is 0.660. The van der Waals surface area contributed by atoms with Crippen LogP contribution in [0.15, 0.2) is 36.5 Å². The number of nitrogens with zero attached hydrogens (tertiary/aromatic N) is 2. The molecule has 20 heavy (non-hydrogen) atoms. The van der Waals surface area contributed by atoms with Gasteiger partial charge >= 0.3 is 0 Å². The minimum absolute atomic E-state index is 0.655. The summed E-state index contributed by atoms with van der Waals surface area (Å²) in [4.78, 5) is 6.95. The maximum Gasteiger partial charge on any atom is 0.0702 e. The summed E-state index contributed by atoms with van der Waals surface area (Å²) in [7, 11) is 0. The molecule has 1 fully saturated rings. The van der Waals surface area contributed by atoms with E-state index >= 15 is 0 Å². The molecular formula is C17H23N3. The lowest BCUT2D eigenvalue weighted by atomic mass is 9.93. The summed E-state index contributed by atoms with van der Waals surface area (Å²) in [5.41, 5.74) is 8.29. The van der Waals surface area contributed by atoms with E-state index in [0.29, 0.717) is 12.0 Å². The maximum absolute atomic E-state index is 5.84. The smallest absolute Gasteiger partial charge is 0.0702 e. The molecule has 1 aliphatic heterocycles. The standard InChI is InChI=1S/C17H23N3/c1-13-4-5-15(10-18)12-20(13)11-14-6-7-17-16(9-14)3-2-8-19-17/h2-3,6-9,13,15H,4-5,10-12,18H2,1H3. The monoisotopic (exact) mass is 269 g/mol. The molecule has 1 aliphatic rings. The summed E-state index contributed by atoms with van der Waals surface area (Å²) in [6.07, 6.45) is 4.38. The molecule has 1 saturated heterocycles. The zero-order valence-corrected chi connectivity index (χ0v) is 12.1. The van der Waals surface area contributed by atoms with Crippen molar-refractivity contribution in [1.29, 1.82) is 0 Å². The Kier molecular flexibility index (Phi) is 3.99. The van der Waals surface area contributed by atoms with Crippen LogP contribution >= 0.6 is 0 Å². The van der Waals surface area contributed by atoms with Crippen molar-refractivity contribution < 1.29 is 0 Å². The van der Waals surface area contributed by atoms with E-state index in [4.69, 9.17) is 5.73 Å². The van der Waals surface area contributed by atoms with Gasteiger partial charge in [0.1, 0.15) is 0 Å². The van der Waals surface area contributed by atoms with Crippen LogP contribution in [0.4, 0.5) is 0 Å². The number of benzene rings is 1. The number of hydrogen-bond acceptors (Lipinski definition) is 3. The fourth-order valence-electron chi connectivity index (χ4n) is 3.13. The Balaban J connectivity index is 1.77. The van der Waals surface area contributed by atoms with E-state index in [1.165, 1.54) is 23.8 Å². The number of likely N-dealkylation sites (tertiary alicyclic amines) is 1. The molecule has 0 amide bonds. The Morgan fingerprint density at radius 2 is 2.20 bits per heavy atom. The molecule has 106 valence electrons. The number of rotatable bonds is 3. The quantitative estimate of drug-likeness (QED) is 0.931. The molecule has 0 spiro atoms. The number of aromatic nitrogens is 1. The van der Waals surface area contributed by atoms with Crippen molar-refractivity contribution in [3.63, 3.8) is 0 Å². The van der Waals surface area contributed by atoms with E-state index < -0.39 is 0 Å². The van der Waals surface area contributed by atoms with Gasteiger partial charge in [0, 0.05) is 30.7 Å². The van der Waals surface area contributed by atoms with Gasteiger partial charge in [0.05, 0.1) is 5.52 Å². The highest BCUT2D eigenvalue weighted by Gasteiger charge is 2.24. The summed E-state index contributed by atoms with van der Waals surface area (Å²) in [6.45, 7) is 5.28. The lowest BCUT2D eigenvalue weighted by Gasteiger charge is -2.37. The second-order valence-corrected chi connectivity index (χ2v) is 5.99. The Morgan fingerprint density at radius 3 is 3.05 bits per heavy atom. The van der Waals surface area contributed by atoms with Crippen LogP contribution in [0.1, 0.15) is 25.3 Å². The molecule has 3 rings (SSSR count). The third-order valence-corrected chi connectivity index (χ3v) is 4.50. The highest BCUT2D eigenvalue weighted by atomic mass is 15.2. The molecular weight excluding hydrogens is 246 g/mol. The summed E-state index contributed by atoms with van der Waals surface area (Å²) >= 11 is 0. The number of fused-ring (bicyclic) bond motifs is 1. The molecule has 2 aromatic rings. The summed E-state index contributed by atoms with van der Waals surface area (Å²) in [5, 5.41) is 1.23. The Morgan fingerprint density at radius 1 is 1.30 bits per heavy atom. The molecule has 0 bridgehead atoms. The molecule has 2 atom stereocenters. The van der Waals surface area contributed by atoms with Gasteiger partial charge in [0.15, 0.2) is 0 Å². The normalized spacial score (nSPS) is 24.1. The van der Waals surface area contributed by atoms with Crippen LogP contribution in [-0.2, 0) is 6.54 Å². The average molecular weight is 269 g/mol. The molecule has 2 unspecified atom stereocenters. The topological polar surface area (TPSA) is 42.1 Å². The van der Waals surface area contributed by atoms with Crippen molar-refractivity contribution in [3.8, 4) is 0 Å². The minimum atomic E-state index is 0.655. The molecule has 3 heteroatoms. The molecule has 0 aliphatic carbocycles. The Bertz CT molecular complexity index is 581. The molecule has 1 aromatic carbocycles. The van der Waals surface area contributed by atoms with Crippen molar-refractivity contribution in [2.45, 2.75) is 32.4 Å². The number of pyridine rings is 1. The average Bonchev–Trinajstić information content (AvgIpc) is 2.49. The molecule has 0 saturated carbocycles. The lowest BCUT2D eigenvalue weighted by Crippen LogP contribution is -2.43. The van der Waals surface area contributed by atoms with Crippen LogP contribution in [0.3, 0.4) is 0 Å². The first-order chi connectivity index (χ1) is 9.76. The molecule has 3 nitrogen and oxygen atoms in total. The highest BCUT2D eigenvalue weighted by Crippen LogP contribution is 2.24. The maximum atomic E-state index is 5.84. The van der Waals surface area contributed by atoms with Crippen LogP contribution < -0.4 is 5.73 Å². The third kappa shape index (κ3) is 2.84. The van der Waals surface area contributed by atoms with Crippen LogP contribution in [0, 0.1) is 5.92 Å². The minimum Gasteiger partial charge on any atom is -0.330 e.